The summed E-state index contributed by atoms with van der Waals surface area (Å²) in [5.74, 6) is 0. The van der Waals surface area contributed by atoms with E-state index >= 15 is 0 Å². The van der Waals surface area contributed by atoms with Crippen molar-refractivity contribution in [1.82, 2.24) is 0 Å². The topological polar surface area (TPSA) is 29.1 Å². The Hall–Kier alpha value is -0.0800. The van der Waals surface area contributed by atoms with Crippen molar-refractivity contribution in [3.05, 3.63) is 6.42 Å². The maximum Gasteiger partial charge on any atom is 0.0883 e. The molecule has 0 aliphatic heterocycles. The lowest BCUT2D eigenvalue weighted by atomic mass is 10.5. The molecule has 0 heterocycles. The normalized spacial score (nSPS) is 8.40. The summed E-state index contributed by atoms with van der Waals surface area (Å²) in [4.78, 5) is 3.39. The van der Waals surface area contributed by atoms with Crippen molar-refractivity contribution < 1.29 is 10.1 Å². The first-order valence-electron chi connectivity index (χ1n) is 1.44. The molecular formula is C3H6O2. The molecule has 0 N–H and O–H groups in total. The number of rotatable bonds is 2. The summed E-state index contributed by atoms with van der Waals surface area (Å²) in [6.07, 6.45) is 1.65. The van der Waals surface area contributed by atoms with Crippen LogP contribution >= 0.6 is 0 Å². The van der Waals surface area contributed by atoms with Crippen LogP contribution in [-0.2, 0) is 10.1 Å². The van der Waals surface area contributed by atoms with Crippen molar-refractivity contribution >= 4 is 0 Å². The quantitative estimate of drug-likeness (QED) is 0.348. The van der Waals surface area contributed by atoms with Gasteiger partial charge in [-0.3, -0.25) is 0 Å². The van der Waals surface area contributed by atoms with Gasteiger partial charge < -0.3 is 0 Å². The van der Waals surface area contributed by atoms with Crippen molar-refractivity contribution in [2.75, 3.05) is 6.61 Å². The third kappa shape index (κ3) is 3.92. The van der Waals surface area contributed by atoms with Gasteiger partial charge in [0, 0.05) is 0 Å². The molecule has 0 spiro atoms. The second-order valence-electron chi connectivity index (χ2n) is 0.693. The highest BCUT2D eigenvalue weighted by Crippen LogP contribution is 1.68. The minimum absolute atomic E-state index is 0.208. The smallest absolute Gasteiger partial charge is 0.0883 e. The molecule has 2 radical (unpaired) electrons. The Morgan fingerprint density at radius 3 is 2.60 bits per heavy atom. The van der Waals surface area contributed by atoms with Gasteiger partial charge in [-0.2, -0.15) is 0 Å². The summed E-state index contributed by atoms with van der Waals surface area (Å²) in [6.45, 7) is 1.97. The molecule has 0 fully saturated rings. The van der Waals surface area contributed by atoms with E-state index in [0.29, 0.717) is 0 Å². The lowest BCUT2D eigenvalue weighted by Crippen LogP contribution is -1.80. The molecule has 0 saturated heterocycles. The zero-order valence-electron chi connectivity index (χ0n) is 3.10. The molecule has 0 unspecified atom stereocenters. The van der Waals surface area contributed by atoms with E-state index in [1.807, 2.05) is 0 Å². The fraction of sp³-hybridized carbons (Fsp3) is 0.667. The van der Waals surface area contributed by atoms with Crippen LogP contribution in [0.4, 0.5) is 0 Å². The third-order valence-corrected chi connectivity index (χ3v) is 0.235. The van der Waals surface area contributed by atoms with Crippen LogP contribution in [0, 0.1) is 6.42 Å². The molecule has 0 amide bonds. The number of hydrogen-bond donors (Lipinski definition) is 0. The van der Waals surface area contributed by atoms with Crippen LogP contribution in [0.3, 0.4) is 0 Å². The predicted octanol–water partition coefficient (Wildman–Crippen LogP) is 0.573. The van der Waals surface area contributed by atoms with Gasteiger partial charge in [0.1, 0.15) is 0 Å². The van der Waals surface area contributed by atoms with Gasteiger partial charge in [0.25, 0.3) is 0 Å². The molecule has 0 aliphatic carbocycles. The SMILES string of the molecule is C[CH]CO[O]. The van der Waals surface area contributed by atoms with Crippen LogP contribution in [0.5, 0.6) is 0 Å². The van der Waals surface area contributed by atoms with Crippen molar-refractivity contribution in [2.24, 2.45) is 0 Å². The zero-order valence-corrected chi connectivity index (χ0v) is 3.10. The molecule has 0 aromatic carbocycles. The van der Waals surface area contributed by atoms with E-state index < -0.39 is 0 Å². The lowest BCUT2D eigenvalue weighted by Gasteiger charge is -1.77. The van der Waals surface area contributed by atoms with E-state index in [1.54, 1.807) is 13.3 Å². The maximum atomic E-state index is 9.00. The summed E-state index contributed by atoms with van der Waals surface area (Å²) in [6, 6.07) is 0. The maximum absolute atomic E-state index is 9.00. The molecule has 2 nitrogen and oxygen atoms in total. The minimum atomic E-state index is 0.208. The fourth-order valence-electron chi connectivity index (χ4n) is 0.0680. The molecule has 2 heteroatoms. The first-order valence-corrected chi connectivity index (χ1v) is 1.44. The molecule has 5 heavy (non-hydrogen) atoms. The van der Waals surface area contributed by atoms with Gasteiger partial charge in [0.05, 0.1) is 6.61 Å². The summed E-state index contributed by atoms with van der Waals surface area (Å²) in [7, 11) is 0. The zero-order chi connectivity index (χ0) is 4.12. The van der Waals surface area contributed by atoms with E-state index in [4.69, 9.17) is 5.26 Å². The minimum Gasteiger partial charge on any atom is -0.204 e. The van der Waals surface area contributed by atoms with Gasteiger partial charge in [-0.1, -0.05) is 6.92 Å². The lowest BCUT2D eigenvalue weighted by molar-refractivity contribution is -0.297. The standard InChI is InChI=1S/C3H6O2/c1-2-3-5-4/h2H,3H2,1H3. The average Bonchev–Trinajstić information content (AvgIpc) is 1.41. The van der Waals surface area contributed by atoms with E-state index in [-0.39, 0.29) is 6.61 Å². The van der Waals surface area contributed by atoms with Crippen LogP contribution in [-0.4, -0.2) is 6.61 Å². The Balaban J connectivity index is 2.19. The van der Waals surface area contributed by atoms with Gasteiger partial charge in [0.2, 0.25) is 0 Å². The summed E-state index contributed by atoms with van der Waals surface area (Å²) in [5.41, 5.74) is 0. The average molecular weight is 74.1 g/mol. The van der Waals surface area contributed by atoms with Crippen molar-refractivity contribution in [3.8, 4) is 0 Å². The Bertz CT molecular complexity index is 12.4. The number of hydrogen-bond acceptors (Lipinski definition) is 1. The van der Waals surface area contributed by atoms with Gasteiger partial charge >= 0.3 is 0 Å². The molecule has 0 bridgehead atoms. The van der Waals surface area contributed by atoms with Gasteiger partial charge in [-0.15, -0.1) is 0 Å². The monoisotopic (exact) mass is 74.0 g/mol. The highest BCUT2D eigenvalue weighted by molar-refractivity contribution is 4.47. The molecular weight excluding hydrogens is 68.0 g/mol. The highest BCUT2D eigenvalue weighted by Gasteiger charge is 1.71. The predicted molar refractivity (Wildman–Crippen MR) is 16.6 cm³/mol. The largest absolute Gasteiger partial charge is 0.204 e. The first kappa shape index (κ1) is 4.92. The molecule has 0 aromatic rings. The molecule has 0 saturated carbocycles. The Morgan fingerprint density at radius 2 is 2.60 bits per heavy atom. The fourth-order valence-corrected chi connectivity index (χ4v) is 0.0680. The summed E-state index contributed by atoms with van der Waals surface area (Å²) in [5, 5.41) is 9.00. The van der Waals surface area contributed by atoms with Crippen LogP contribution in [0.15, 0.2) is 0 Å². The molecule has 0 aromatic heterocycles. The van der Waals surface area contributed by atoms with Crippen LogP contribution < -0.4 is 0 Å². The van der Waals surface area contributed by atoms with Gasteiger partial charge in [-0.25, -0.2) is 4.89 Å². The summed E-state index contributed by atoms with van der Waals surface area (Å²) >= 11 is 0. The Labute approximate surface area is 31.3 Å². The van der Waals surface area contributed by atoms with E-state index in [1.165, 1.54) is 0 Å². The van der Waals surface area contributed by atoms with Crippen LogP contribution in [0.2, 0.25) is 0 Å². The molecule has 0 rings (SSSR count). The first-order chi connectivity index (χ1) is 2.41. The second kappa shape index (κ2) is 3.92. The molecule has 30 valence electrons. The van der Waals surface area contributed by atoms with Crippen LogP contribution in [0.25, 0.3) is 0 Å². The Morgan fingerprint density at radius 1 is 2.00 bits per heavy atom. The Kier molecular flexibility index (Phi) is 3.86. The second-order valence-corrected chi connectivity index (χ2v) is 0.693. The van der Waals surface area contributed by atoms with Gasteiger partial charge in [0.15, 0.2) is 0 Å². The van der Waals surface area contributed by atoms with E-state index in [9.17, 15) is 0 Å². The molecule has 0 aliphatic rings. The van der Waals surface area contributed by atoms with E-state index in [0.717, 1.165) is 0 Å². The van der Waals surface area contributed by atoms with Crippen molar-refractivity contribution in [1.29, 1.82) is 0 Å². The summed E-state index contributed by atoms with van der Waals surface area (Å²) < 4.78 is 0. The highest BCUT2D eigenvalue weighted by atomic mass is 17.1. The molecule has 0 atom stereocenters. The van der Waals surface area contributed by atoms with Crippen molar-refractivity contribution in [2.45, 2.75) is 6.92 Å². The van der Waals surface area contributed by atoms with Gasteiger partial charge in [-0.05, 0) is 11.7 Å². The van der Waals surface area contributed by atoms with Crippen LogP contribution in [0.1, 0.15) is 6.92 Å². The van der Waals surface area contributed by atoms with Crippen molar-refractivity contribution in [3.63, 3.8) is 0 Å². The third-order valence-electron chi connectivity index (χ3n) is 0.235. The van der Waals surface area contributed by atoms with E-state index in [2.05, 4.69) is 4.89 Å².